The van der Waals surface area contributed by atoms with E-state index in [1.807, 2.05) is 6.08 Å². The van der Waals surface area contributed by atoms with Crippen molar-refractivity contribution in [1.29, 1.82) is 0 Å². The molecule has 0 amide bonds. The predicted octanol–water partition coefficient (Wildman–Crippen LogP) is 2.80. The first-order valence-corrected chi connectivity index (χ1v) is 6.41. The van der Waals surface area contributed by atoms with Crippen LogP contribution in [0.3, 0.4) is 0 Å². The summed E-state index contributed by atoms with van der Waals surface area (Å²) in [6.45, 7) is 13.1. The Morgan fingerprint density at radius 3 is 2.71 bits per heavy atom. The lowest BCUT2D eigenvalue weighted by Gasteiger charge is -2.18. The van der Waals surface area contributed by atoms with Crippen LogP contribution >= 0.6 is 0 Å². The van der Waals surface area contributed by atoms with E-state index in [1.54, 1.807) is 0 Å². The van der Waals surface area contributed by atoms with E-state index in [-0.39, 0.29) is 0 Å². The minimum Gasteiger partial charge on any atom is -0.313 e. The van der Waals surface area contributed by atoms with E-state index < -0.39 is 0 Å². The second-order valence-electron chi connectivity index (χ2n) is 4.22. The van der Waals surface area contributed by atoms with Crippen LogP contribution in [-0.2, 0) is 13.1 Å². The fourth-order valence-corrected chi connectivity index (χ4v) is 1.85. The number of benzene rings is 1. The number of nitrogens with zero attached hydrogens (tertiary/aromatic N) is 1. The molecule has 0 aromatic heterocycles. The van der Waals surface area contributed by atoms with E-state index >= 15 is 0 Å². The molecule has 1 rings (SSSR count). The molecule has 94 valence electrons. The molecule has 0 bridgehead atoms. The highest BCUT2D eigenvalue weighted by atomic mass is 15.1. The molecule has 1 aromatic carbocycles. The molecule has 2 nitrogen and oxygen atoms in total. The molecule has 17 heavy (non-hydrogen) atoms. The number of hydrogen-bond acceptors (Lipinski definition) is 2. The molecular formula is C15H24N2. The number of nitrogens with one attached hydrogen (secondary N) is 1. The van der Waals surface area contributed by atoms with Crippen LogP contribution in [0.25, 0.3) is 0 Å². The van der Waals surface area contributed by atoms with E-state index in [0.717, 1.165) is 32.7 Å². The first kappa shape index (κ1) is 13.9. The second-order valence-corrected chi connectivity index (χ2v) is 4.22. The average Bonchev–Trinajstić information content (AvgIpc) is 2.36. The van der Waals surface area contributed by atoms with Gasteiger partial charge in [0.1, 0.15) is 0 Å². The number of hydrogen-bond donors (Lipinski definition) is 1. The Kier molecular flexibility index (Phi) is 6.60. The molecule has 1 N–H and O–H groups in total. The Balaban J connectivity index is 2.60. The Labute approximate surface area is 105 Å². The van der Waals surface area contributed by atoms with Crippen molar-refractivity contribution in [3.63, 3.8) is 0 Å². The van der Waals surface area contributed by atoms with Gasteiger partial charge in [-0.2, -0.15) is 0 Å². The van der Waals surface area contributed by atoms with Crippen LogP contribution < -0.4 is 5.32 Å². The lowest BCUT2D eigenvalue weighted by Crippen LogP contribution is -2.22. The van der Waals surface area contributed by atoms with Crippen molar-refractivity contribution in [1.82, 2.24) is 10.2 Å². The molecule has 0 aliphatic heterocycles. The minimum absolute atomic E-state index is 0.952. The van der Waals surface area contributed by atoms with Gasteiger partial charge in [-0.15, -0.1) is 6.58 Å². The molecule has 0 fully saturated rings. The van der Waals surface area contributed by atoms with E-state index in [4.69, 9.17) is 0 Å². The van der Waals surface area contributed by atoms with Gasteiger partial charge in [0.05, 0.1) is 0 Å². The maximum absolute atomic E-state index is 3.80. The number of likely N-dealkylation sites (N-methyl/N-ethyl adjacent to an activating group) is 1. The summed E-state index contributed by atoms with van der Waals surface area (Å²) < 4.78 is 0. The molecule has 0 unspecified atom stereocenters. The fraction of sp³-hybridized carbons (Fsp3) is 0.467. The third kappa shape index (κ3) is 5.16. The highest BCUT2D eigenvalue weighted by molar-refractivity contribution is 5.23. The molecule has 0 radical (unpaired) electrons. The molecule has 2 heteroatoms. The Morgan fingerprint density at radius 1 is 1.29 bits per heavy atom. The third-order valence-electron chi connectivity index (χ3n) is 2.81. The molecule has 0 atom stereocenters. The van der Waals surface area contributed by atoms with Crippen LogP contribution in [0, 0.1) is 0 Å². The average molecular weight is 232 g/mol. The molecule has 0 saturated carbocycles. The summed E-state index contributed by atoms with van der Waals surface area (Å²) >= 11 is 0. The lowest BCUT2D eigenvalue weighted by molar-refractivity contribution is 0.311. The molecule has 1 aromatic rings. The predicted molar refractivity (Wildman–Crippen MR) is 75.0 cm³/mol. The normalized spacial score (nSPS) is 10.8. The molecule has 0 aliphatic rings. The lowest BCUT2D eigenvalue weighted by atomic mass is 10.1. The Bertz CT molecular complexity index is 333. The summed E-state index contributed by atoms with van der Waals surface area (Å²) in [5, 5.41) is 3.35. The molecule has 0 spiro atoms. The van der Waals surface area contributed by atoms with Crippen molar-refractivity contribution in [2.75, 3.05) is 19.6 Å². The van der Waals surface area contributed by atoms with Crippen LogP contribution in [0.2, 0.25) is 0 Å². The highest BCUT2D eigenvalue weighted by Crippen LogP contribution is 2.08. The van der Waals surface area contributed by atoms with Crippen molar-refractivity contribution >= 4 is 0 Å². The van der Waals surface area contributed by atoms with Gasteiger partial charge in [0, 0.05) is 19.6 Å². The quantitative estimate of drug-likeness (QED) is 0.693. The van der Waals surface area contributed by atoms with Gasteiger partial charge in [-0.05, 0) is 24.2 Å². The third-order valence-corrected chi connectivity index (χ3v) is 2.81. The second kappa shape index (κ2) is 8.04. The van der Waals surface area contributed by atoms with Gasteiger partial charge in [0.25, 0.3) is 0 Å². The van der Waals surface area contributed by atoms with Gasteiger partial charge in [-0.25, -0.2) is 0 Å². The van der Waals surface area contributed by atoms with Gasteiger partial charge >= 0.3 is 0 Å². The van der Waals surface area contributed by atoms with Crippen molar-refractivity contribution in [2.45, 2.75) is 26.9 Å². The largest absolute Gasteiger partial charge is 0.313 e. The summed E-state index contributed by atoms with van der Waals surface area (Å²) in [5.41, 5.74) is 2.74. The summed E-state index contributed by atoms with van der Waals surface area (Å²) in [5.74, 6) is 0. The standard InChI is InChI=1S/C15H24N2/c1-4-10-17(6-3)13-15-9-7-8-14(11-15)12-16-5-2/h4,7-9,11,16H,1,5-6,10,12-13H2,2-3H3. The van der Waals surface area contributed by atoms with E-state index in [9.17, 15) is 0 Å². The first-order valence-electron chi connectivity index (χ1n) is 6.41. The molecule has 0 saturated heterocycles. The van der Waals surface area contributed by atoms with Crippen molar-refractivity contribution in [3.05, 3.63) is 48.0 Å². The van der Waals surface area contributed by atoms with Crippen molar-refractivity contribution < 1.29 is 0 Å². The van der Waals surface area contributed by atoms with Gasteiger partial charge in [-0.3, -0.25) is 4.90 Å². The van der Waals surface area contributed by atoms with Gasteiger partial charge in [0.15, 0.2) is 0 Å². The van der Waals surface area contributed by atoms with E-state index in [1.165, 1.54) is 11.1 Å². The molecule has 0 aliphatic carbocycles. The van der Waals surface area contributed by atoms with Crippen LogP contribution in [0.4, 0.5) is 0 Å². The topological polar surface area (TPSA) is 15.3 Å². The summed E-state index contributed by atoms with van der Waals surface area (Å²) in [6, 6.07) is 8.80. The maximum Gasteiger partial charge on any atom is 0.0237 e. The zero-order valence-corrected chi connectivity index (χ0v) is 11.1. The Morgan fingerprint density at radius 2 is 2.06 bits per heavy atom. The zero-order chi connectivity index (χ0) is 12.5. The molecule has 0 heterocycles. The monoisotopic (exact) mass is 232 g/mol. The van der Waals surface area contributed by atoms with Crippen LogP contribution in [0.5, 0.6) is 0 Å². The smallest absolute Gasteiger partial charge is 0.0237 e. The van der Waals surface area contributed by atoms with E-state index in [0.29, 0.717) is 0 Å². The van der Waals surface area contributed by atoms with Gasteiger partial charge < -0.3 is 5.32 Å². The van der Waals surface area contributed by atoms with E-state index in [2.05, 4.69) is 54.9 Å². The minimum atomic E-state index is 0.952. The fourth-order valence-electron chi connectivity index (χ4n) is 1.85. The summed E-state index contributed by atoms with van der Waals surface area (Å²) in [6.07, 6.45) is 1.96. The first-order chi connectivity index (χ1) is 8.30. The number of rotatable bonds is 8. The van der Waals surface area contributed by atoms with Crippen LogP contribution in [0.1, 0.15) is 25.0 Å². The van der Waals surface area contributed by atoms with Crippen molar-refractivity contribution in [3.8, 4) is 0 Å². The molecular weight excluding hydrogens is 208 g/mol. The van der Waals surface area contributed by atoms with Crippen LogP contribution in [0.15, 0.2) is 36.9 Å². The summed E-state index contributed by atoms with van der Waals surface area (Å²) in [7, 11) is 0. The van der Waals surface area contributed by atoms with Crippen LogP contribution in [-0.4, -0.2) is 24.5 Å². The summed E-state index contributed by atoms with van der Waals surface area (Å²) in [4.78, 5) is 2.37. The highest BCUT2D eigenvalue weighted by Gasteiger charge is 2.02. The Hall–Kier alpha value is -1.12. The van der Waals surface area contributed by atoms with Gasteiger partial charge in [0.2, 0.25) is 0 Å². The van der Waals surface area contributed by atoms with Crippen molar-refractivity contribution in [2.24, 2.45) is 0 Å². The maximum atomic E-state index is 3.80. The SMILES string of the molecule is C=CCN(CC)Cc1cccc(CNCC)c1. The zero-order valence-electron chi connectivity index (χ0n) is 11.1. The van der Waals surface area contributed by atoms with Gasteiger partial charge in [-0.1, -0.05) is 44.2 Å².